The molecule has 1 aliphatic carbocycles. The first-order valence-corrected chi connectivity index (χ1v) is 15.4. The molecule has 1 saturated heterocycles. The average Bonchev–Trinajstić information content (AvgIpc) is 2.94. The Bertz CT molecular complexity index is 778. The van der Waals surface area contributed by atoms with Gasteiger partial charge in [-0.25, -0.2) is 0 Å². The average molecular weight is 508 g/mol. The summed E-state index contributed by atoms with van der Waals surface area (Å²) in [7, 11) is 0. The minimum Gasteiger partial charge on any atom is -0.486 e. The number of allylic oxidation sites excluding steroid dienone is 1. The van der Waals surface area contributed by atoms with Crippen molar-refractivity contribution < 1.29 is 9.47 Å². The maximum Gasteiger partial charge on any atom is 0.166 e. The van der Waals surface area contributed by atoms with Crippen molar-refractivity contribution in [3.05, 3.63) is 32.6 Å². The number of nitriles is 1. The molecule has 0 atom stereocenters. The zero-order valence-electron chi connectivity index (χ0n) is 23.5. The molecule has 2 fully saturated rings. The number of rotatable bonds is 1. The molecule has 0 amide bonds. The Kier molecular flexibility index (Phi) is 17.4. The van der Waals surface area contributed by atoms with Crippen LogP contribution in [0.1, 0.15) is 104 Å². The SMILES string of the molecule is CC.CC.CC.CC.Cc1cc(C)c(C2(C#N)CCC(=C3SCCCS3)CC2)c2c1OCCO2. The summed E-state index contributed by atoms with van der Waals surface area (Å²) in [5.74, 6) is 4.15. The summed E-state index contributed by atoms with van der Waals surface area (Å²) in [6.07, 6.45) is 5.10. The van der Waals surface area contributed by atoms with Gasteiger partial charge in [0, 0.05) is 9.80 Å². The molecule has 194 valence electrons. The molecule has 3 aliphatic rings. The van der Waals surface area contributed by atoms with Crippen LogP contribution in [0.25, 0.3) is 0 Å². The lowest BCUT2D eigenvalue weighted by molar-refractivity contribution is 0.165. The van der Waals surface area contributed by atoms with Gasteiger partial charge in [0.15, 0.2) is 11.5 Å². The number of aryl methyl sites for hydroxylation is 2. The highest BCUT2D eigenvalue weighted by atomic mass is 32.2. The number of nitrogens with zero attached hydrogens (tertiary/aromatic N) is 1. The van der Waals surface area contributed by atoms with Gasteiger partial charge < -0.3 is 9.47 Å². The van der Waals surface area contributed by atoms with Crippen LogP contribution < -0.4 is 9.47 Å². The second-order valence-electron chi connectivity index (χ2n) is 7.38. The Morgan fingerprint density at radius 3 is 1.79 bits per heavy atom. The molecule has 34 heavy (non-hydrogen) atoms. The van der Waals surface area contributed by atoms with Crippen molar-refractivity contribution in [2.45, 2.75) is 107 Å². The van der Waals surface area contributed by atoms with Gasteiger partial charge in [0.25, 0.3) is 0 Å². The van der Waals surface area contributed by atoms with E-state index in [1.165, 1.54) is 22.2 Å². The minimum atomic E-state index is -0.462. The summed E-state index contributed by atoms with van der Waals surface area (Å²) in [5.41, 5.74) is 4.44. The van der Waals surface area contributed by atoms with Crippen LogP contribution in [0, 0.1) is 25.2 Å². The van der Waals surface area contributed by atoms with Gasteiger partial charge >= 0.3 is 0 Å². The van der Waals surface area contributed by atoms with E-state index in [1.54, 1.807) is 5.57 Å². The third-order valence-corrected chi connectivity index (χ3v) is 8.43. The van der Waals surface area contributed by atoms with Gasteiger partial charge in [-0.1, -0.05) is 67.0 Å². The fraction of sp³-hybridized carbons (Fsp3) is 0.690. The summed E-state index contributed by atoms with van der Waals surface area (Å²) >= 11 is 4.03. The topological polar surface area (TPSA) is 42.2 Å². The number of benzene rings is 1. The lowest BCUT2D eigenvalue weighted by atomic mass is 9.67. The molecular weight excluding hydrogens is 458 g/mol. The molecule has 1 aromatic carbocycles. The molecule has 2 heterocycles. The second kappa shape index (κ2) is 18.1. The van der Waals surface area contributed by atoms with Crippen molar-refractivity contribution in [2.75, 3.05) is 24.7 Å². The Hall–Kier alpha value is -1.25. The van der Waals surface area contributed by atoms with Crippen molar-refractivity contribution in [3.8, 4) is 17.6 Å². The van der Waals surface area contributed by atoms with Gasteiger partial charge in [-0.2, -0.15) is 5.26 Å². The van der Waals surface area contributed by atoms with Gasteiger partial charge in [-0.05, 0) is 68.6 Å². The normalized spacial score (nSPS) is 20.4. The molecular formula is C29H49NO2S2. The Balaban J connectivity index is 0.00000124. The first-order chi connectivity index (χ1) is 16.6. The van der Waals surface area contributed by atoms with Crippen LogP contribution in [0.5, 0.6) is 11.5 Å². The summed E-state index contributed by atoms with van der Waals surface area (Å²) in [4.78, 5) is 0. The van der Waals surface area contributed by atoms with Crippen LogP contribution in [0.4, 0.5) is 0 Å². The van der Waals surface area contributed by atoms with E-state index < -0.39 is 5.41 Å². The van der Waals surface area contributed by atoms with Gasteiger partial charge in [0.2, 0.25) is 0 Å². The van der Waals surface area contributed by atoms with E-state index >= 15 is 0 Å². The molecule has 5 heteroatoms. The van der Waals surface area contributed by atoms with Crippen LogP contribution in [-0.2, 0) is 5.41 Å². The van der Waals surface area contributed by atoms with Crippen molar-refractivity contribution in [1.82, 2.24) is 0 Å². The van der Waals surface area contributed by atoms with Crippen LogP contribution >= 0.6 is 23.5 Å². The van der Waals surface area contributed by atoms with Crippen molar-refractivity contribution in [3.63, 3.8) is 0 Å². The number of hydrogen-bond donors (Lipinski definition) is 0. The predicted molar refractivity (Wildman–Crippen MR) is 155 cm³/mol. The van der Waals surface area contributed by atoms with E-state index in [-0.39, 0.29) is 0 Å². The molecule has 2 aliphatic heterocycles. The van der Waals surface area contributed by atoms with E-state index in [4.69, 9.17) is 9.47 Å². The van der Waals surface area contributed by atoms with Gasteiger partial charge in [0.05, 0.1) is 11.5 Å². The van der Waals surface area contributed by atoms with E-state index in [1.807, 2.05) is 78.9 Å². The first kappa shape index (κ1) is 32.8. The van der Waals surface area contributed by atoms with E-state index in [0.29, 0.717) is 13.2 Å². The molecule has 0 spiro atoms. The molecule has 1 saturated carbocycles. The highest BCUT2D eigenvalue weighted by Crippen LogP contribution is 2.52. The molecule has 0 radical (unpaired) electrons. The largest absolute Gasteiger partial charge is 0.486 e. The lowest BCUT2D eigenvalue weighted by Gasteiger charge is -2.37. The number of thioether (sulfide) groups is 2. The summed E-state index contributed by atoms with van der Waals surface area (Å²) < 4.78 is 13.5. The van der Waals surface area contributed by atoms with E-state index in [2.05, 4.69) is 26.0 Å². The molecule has 0 aromatic heterocycles. The van der Waals surface area contributed by atoms with Crippen molar-refractivity contribution in [1.29, 1.82) is 5.26 Å². The Morgan fingerprint density at radius 2 is 1.29 bits per heavy atom. The van der Waals surface area contributed by atoms with Gasteiger partial charge in [-0.15, -0.1) is 23.5 Å². The fourth-order valence-corrected chi connectivity index (χ4v) is 7.15. The van der Waals surface area contributed by atoms with Gasteiger partial charge in [-0.3, -0.25) is 0 Å². The highest BCUT2D eigenvalue weighted by molar-refractivity contribution is 8.22. The zero-order chi connectivity index (χ0) is 26.1. The first-order valence-electron chi connectivity index (χ1n) is 13.4. The zero-order valence-corrected chi connectivity index (χ0v) is 25.2. The van der Waals surface area contributed by atoms with Crippen LogP contribution in [0.15, 0.2) is 15.9 Å². The van der Waals surface area contributed by atoms with Gasteiger partial charge in [0.1, 0.15) is 13.2 Å². The quantitative estimate of drug-likeness (QED) is 0.378. The predicted octanol–water partition coefficient (Wildman–Crippen LogP) is 9.60. The fourth-order valence-electron chi connectivity index (χ4n) is 4.37. The maximum absolute atomic E-state index is 10.2. The maximum atomic E-state index is 10.2. The molecule has 0 N–H and O–H groups in total. The third kappa shape index (κ3) is 7.89. The second-order valence-corrected chi connectivity index (χ2v) is 9.84. The standard InChI is InChI=1S/C21H25NO2S2.4C2H6/c1-14-12-15(2)18-19(24-9-8-23-18)17(14)21(13-22)6-4-16(5-7-21)20-25-10-3-11-26-20;4*1-2/h12H,3-11H2,1-2H3;4*1-2H3. The smallest absolute Gasteiger partial charge is 0.166 e. The third-order valence-electron chi connectivity index (χ3n) is 5.64. The molecule has 4 rings (SSSR count). The van der Waals surface area contributed by atoms with E-state index in [0.717, 1.165) is 53.9 Å². The lowest BCUT2D eigenvalue weighted by Crippen LogP contribution is -2.31. The minimum absolute atomic E-state index is 0.462. The van der Waals surface area contributed by atoms with Crippen LogP contribution in [0.3, 0.4) is 0 Å². The number of fused-ring (bicyclic) bond motifs is 1. The number of hydrogen-bond acceptors (Lipinski definition) is 5. The molecule has 3 nitrogen and oxygen atoms in total. The van der Waals surface area contributed by atoms with Crippen molar-refractivity contribution in [2.24, 2.45) is 0 Å². The molecule has 1 aromatic rings. The monoisotopic (exact) mass is 507 g/mol. The highest BCUT2D eigenvalue weighted by Gasteiger charge is 2.41. The molecule has 0 unspecified atom stereocenters. The Labute approximate surface area is 219 Å². The summed E-state index contributed by atoms with van der Waals surface area (Å²) in [6.45, 7) is 21.3. The summed E-state index contributed by atoms with van der Waals surface area (Å²) in [6, 6.07) is 4.85. The summed E-state index contributed by atoms with van der Waals surface area (Å²) in [5, 5.41) is 10.2. The Morgan fingerprint density at radius 1 is 0.794 bits per heavy atom. The van der Waals surface area contributed by atoms with E-state index in [9.17, 15) is 5.26 Å². The molecule has 0 bridgehead atoms. The number of ether oxygens (including phenoxy) is 2. The van der Waals surface area contributed by atoms with Crippen LogP contribution in [-0.4, -0.2) is 24.7 Å². The van der Waals surface area contributed by atoms with Crippen LogP contribution in [0.2, 0.25) is 0 Å². The van der Waals surface area contributed by atoms with Crippen molar-refractivity contribution >= 4 is 23.5 Å².